The van der Waals surface area contributed by atoms with Crippen LogP contribution in [0.3, 0.4) is 0 Å². The maximum Gasteiger partial charge on any atom is 0.254 e. The van der Waals surface area contributed by atoms with Crippen LogP contribution in [0.5, 0.6) is 0 Å². The number of hydrogen-bond acceptors (Lipinski definition) is 1. The molecule has 1 fully saturated rings. The lowest BCUT2D eigenvalue weighted by Gasteiger charge is -2.31. The molecule has 1 aliphatic rings. The van der Waals surface area contributed by atoms with Gasteiger partial charge in [-0.1, -0.05) is 0 Å². The molecule has 1 aromatic carbocycles. The van der Waals surface area contributed by atoms with Crippen LogP contribution in [0.25, 0.3) is 0 Å². The van der Waals surface area contributed by atoms with E-state index in [4.69, 9.17) is 0 Å². The quantitative estimate of drug-likeness (QED) is 0.776. The average Bonchev–Trinajstić information content (AvgIpc) is 2.61. The fourth-order valence-electron chi connectivity index (χ4n) is 2.27. The molecule has 0 bridgehead atoms. The molecule has 1 heterocycles. The Morgan fingerprint density at radius 3 is 2.71 bits per heavy atom. The Bertz CT molecular complexity index is 459. The molecule has 0 aliphatic carbocycles. The summed E-state index contributed by atoms with van der Waals surface area (Å²) in [7, 11) is 0. The Morgan fingerprint density at radius 2 is 2.18 bits per heavy atom. The molecule has 0 unspecified atom stereocenters. The van der Waals surface area contributed by atoms with Gasteiger partial charge < -0.3 is 4.90 Å². The number of nitrogens with zero attached hydrogens (tertiary/aromatic N) is 1. The Labute approximate surface area is 109 Å². The molecule has 0 N–H and O–H groups in total. The standard InChI is InChI=1S/C13H15BrFNO/c1-13(2)6-3-7-16(13)12(17)9-4-5-11(15)10(14)8-9/h4-5,8H,3,6-7H2,1-2H3. The van der Waals surface area contributed by atoms with Gasteiger partial charge in [0.2, 0.25) is 0 Å². The summed E-state index contributed by atoms with van der Waals surface area (Å²) in [6.07, 6.45) is 2.04. The molecule has 0 saturated carbocycles. The molecule has 2 nitrogen and oxygen atoms in total. The Hall–Kier alpha value is -0.900. The number of rotatable bonds is 1. The van der Waals surface area contributed by atoms with Gasteiger partial charge >= 0.3 is 0 Å². The topological polar surface area (TPSA) is 20.3 Å². The zero-order chi connectivity index (χ0) is 12.6. The summed E-state index contributed by atoms with van der Waals surface area (Å²) in [4.78, 5) is 14.2. The van der Waals surface area contributed by atoms with Crippen molar-refractivity contribution in [2.24, 2.45) is 0 Å². The molecule has 1 amide bonds. The normalized spacial score (nSPS) is 18.5. The van der Waals surface area contributed by atoms with Crippen LogP contribution in [0.15, 0.2) is 22.7 Å². The molecule has 17 heavy (non-hydrogen) atoms. The largest absolute Gasteiger partial charge is 0.334 e. The molecule has 0 radical (unpaired) electrons. The highest BCUT2D eigenvalue weighted by atomic mass is 79.9. The second kappa shape index (κ2) is 4.41. The molecule has 4 heteroatoms. The molecule has 0 atom stereocenters. The van der Waals surface area contributed by atoms with E-state index < -0.39 is 0 Å². The van der Waals surface area contributed by atoms with E-state index in [0.29, 0.717) is 10.0 Å². The van der Waals surface area contributed by atoms with Gasteiger partial charge in [0.25, 0.3) is 5.91 Å². The number of hydrogen-bond donors (Lipinski definition) is 0. The predicted octanol–water partition coefficient (Wildman–Crippen LogP) is 3.60. The first-order valence-electron chi connectivity index (χ1n) is 5.69. The van der Waals surface area contributed by atoms with Gasteiger partial charge in [-0.25, -0.2) is 4.39 Å². The number of amides is 1. The number of benzene rings is 1. The molecular formula is C13H15BrFNO. The van der Waals surface area contributed by atoms with Crippen LogP contribution in [0.2, 0.25) is 0 Å². The Kier molecular flexibility index (Phi) is 3.25. The van der Waals surface area contributed by atoms with Crippen molar-refractivity contribution in [3.63, 3.8) is 0 Å². The summed E-state index contributed by atoms with van der Waals surface area (Å²) >= 11 is 3.11. The number of likely N-dealkylation sites (tertiary alicyclic amines) is 1. The lowest BCUT2D eigenvalue weighted by atomic mass is 10.0. The maximum absolute atomic E-state index is 13.1. The third-order valence-electron chi connectivity index (χ3n) is 3.31. The van der Waals surface area contributed by atoms with Gasteiger partial charge in [-0.2, -0.15) is 0 Å². The van der Waals surface area contributed by atoms with Gasteiger partial charge in [-0.05, 0) is 60.8 Å². The summed E-state index contributed by atoms with van der Waals surface area (Å²) in [6.45, 7) is 4.91. The lowest BCUT2D eigenvalue weighted by Crippen LogP contribution is -2.42. The fourth-order valence-corrected chi connectivity index (χ4v) is 2.65. The van der Waals surface area contributed by atoms with E-state index in [2.05, 4.69) is 29.8 Å². The number of carbonyl (C=O) groups excluding carboxylic acids is 1. The highest BCUT2D eigenvalue weighted by Crippen LogP contribution is 2.30. The van der Waals surface area contributed by atoms with E-state index in [1.54, 1.807) is 6.07 Å². The highest BCUT2D eigenvalue weighted by Gasteiger charge is 2.35. The fraction of sp³-hybridized carbons (Fsp3) is 0.462. The molecule has 0 spiro atoms. The van der Waals surface area contributed by atoms with Crippen LogP contribution in [-0.4, -0.2) is 22.9 Å². The highest BCUT2D eigenvalue weighted by molar-refractivity contribution is 9.10. The van der Waals surface area contributed by atoms with E-state index in [0.717, 1.165) is 19.4 Å². The Morgan fingerprint density at radius 1 is 1.47 bits per heavy atom. The van der Waals surface area contributed by atoms with Crippen molar-refractivity contribution < 1.29 is 9.18 Å². The zero-order valence-corrected chi connectivity index (χ0v) is 11.6. The van der Waals surface area contributed by atoms with Crippen LogP contribution in [0, 0.1) is 5.82 Å². The average molecular weight is 300 g/mol. The van der Waals surface area contributed by atoms with E-state index in [1.165, 1.54) is 12.1 Å². The first-order valence-corrected chi connectivity index (χ1v) is 6.48. The smallest absolute Gasteiger partial charge is 0.254 e. The van der Waals surface area contributed by atoms with Crippen LogP contribution < -0.4 is 0 Å². The van der Waals surface area contributed by atoms with Crippen LogP contribution >= 0.6 is 15.9 Å². The minimum Gasteiger partial charge on any atom is -0.334 e. The van der Waals surface area contributed by atoms with Gasteiger partial charge in [0.1, 0.15) is 5.82 Å². The van der Waals surface area contributed by atoms with Gasteiger partial charge in [0.05, 0.1) is 4.47 Å². The summed E-state index contributed by atoms with van der Waals surface area (Å²) in [5.41, 5.74) is 0.436. The van der Waals surface area contributed by atoms with E-state index >= 15 is 0 Å². The van der Waals surface area contributed by atoms with Crippen molar-refractivity contribution in [1.29, 1.82) is 0 Å². The van der Waals surface area contributed by atoms with Crippen molar-refractivity contribution in [3.05, 3.63) is 34.1 Å². The number of carbonyl (C=O) groups is 1. The first kappa shape index (κ1) is 12.6. The maximum atomic E-state index is 13.1. The molecule has 1 aromatic rings. The van der Waals surface area contributed by atoms with Crippen molar-refractivity contribution in [2.45, 2.75) is 32.2 Å². The Balaban J connectivity index is 2.28. The van der Waals surface area contributed by atoms with Gasteiger partial charge in [-0.15, -0.1) is 0 Å². The molecular weight excluding hydrogens is 285 g/mol. The van der Waals surface area contributed by atoms with Crippen molar-refractivity contribution in [2.75, 3.05) is 6.54 Å². The monoisotopic (exact) mass is 299 g/mol. The van der Waals surface area contributed by atoms with E-state index in [-0.39, 0.29) is 17.3 Å². The predicted molar refractivity (Wildman–Crippen MR) is 68.4 cm³/mol. The van der Waals surface area contributed by atoms with Crippen molar-refractivity contribution in [1.82, 2.24) is 4.90 Å². The lowest BCUT2D eigenvalue weighted by molar-refractivity contribution is 0.0652. The molecule has 92 valence electrons. The molecule has 0 aromatic heterocycles. The van der Waals surface area contributed by atoms with Gasteiger partial charge in [0, 0.05) is 17.6 Å². The summed E-state index contributed by atoms with van der Waals surface area (Å²) in [6, 6.07) is 4.41. The van der Waals surface area contributed by atoms with Crippen LogP contribution in [-0.2, 0) is 0 Å². The molecule has 1 aliphatic heterocycles. The van der Waals surface area contributed by atoms with E-state index in [1.807, 2.05) is 4.90 Å². The van der Waals surface area contributed by atoms with Crippen LogP contribution in [0.4, 0.5) is 4.39 Å². The summed E-state index contributed by atoms with van der Waals surface area (Å²) < 4.78 is 13.5. The SMILES string of the molecule is CC1(C)CCCN1C(=O)c1ccc(F)c(Br)c1. The summed E-state index contributed by atoms with van der Waals surface area (Å²) in [5.74, 6) is -0.365. The van der Waals surface area contributed by atoms with Crippen LogP contribution in [0.1, 0.15) is 37.0 Å². The molecule has 1 saturated heterocycles. The molecule has 2 rings (SSSR count). The third-order valence-corrected chi connectivity index (χ3v) is 3.92. The minimum absolute atomic E-state index is 0.0202. The van der Waals surface area contributed by atoms with Gasteiger partial charge in [0.15, 0.2) is 0 Å². The first-order chi connectivity index (χ1) is 7.92. The van der Waals surface area contributed by atoms with Crippen molar-refractivity contribution >= 4 is 21.8 Å². The summed E-state index contributed by atoms with van der Waals surface area (Å²) in [5, 5.41) is 0. The minimum atomic E-state index is -0.345. The van der Waals surface area contributed by atoms with E-state index in [9.17, 15) is 9.18 Å². The second-order valence-corrected chi connectivity index (χ2v) is 5.86. The van der Waals surface area contributed by atoms with Gasteiger partial charge in [-0.3, -0.25) is 4.79 Å². The van der Waals surface area contributed by atoms with Crippen molar-refractivity contribution in [3.8, 4) is 0 Å². The third kappa shape index (κ3) is 2.37. The second-order valence-electron chi connectivity index (χ2n) is 5.00. The zero-order valence-electron chi connectivity index (χ0n) is 9.96. The number of halogens is 2.